The van der Waals surface area contributed by atoms with Crippen LogP contribution in [0.4, 0.5) is 0 Å². The Morgan fingerprint density at radius 3 is 0.873 bits per heavy atom. The van der Waals surface area contributed by atoms with Crippen LogP contribution in [0.3, 0.4) is 0 Å². The maximum Gasteiger partial charge on any atom is 0.0619 e. The first kappa shape index (κ1) is 32.4. The van der Waals surface area contributed by atoms with Gasteiger partial charge in [-0.25, -0.2) is 0 Å². The SMILES string of the molecule is c1ccc(-c2ccc(-c3ccc4cc5ccc(-c6ccc(-c7ccccc7)cc6)cc5c(-n5c(-c6ccccc6)ccc5-c5ccccc5)c4c3)cc2)cc1. The predicted molar refractivity (Wildman–Crippen MR) is 233 cm³/mol. The van der Waals surface area contributed by atoms with E-state index in [0.29, 0.717) is 0 Å². The van der Waals surface area contributed by atoms with Gasteiger partial charge in [0.1, 0.15) is 0 Å². The molecular weight excluding hydrogens is 663 g/mol. The zero-order valence-corrected chi connectivity index (χ0v) is 30.3. The second-order valence-corrected chi connectivity index (χ2v) is 14.2. The molecule has 10 aromatic rings. The van der Waals surface area contributed by atoms with Crippen molar-refractivity contribution in [2.45, 2.75) is 0 Å². The van der Waals surface area contributed by atoms with Crippen molar-refractivity contribution in [2.75, 3.05) is 0 Å². The summed E-state index contributed by atoms with van der Waals surface area (Å²) in [6, 6.07) is 81.5. The van der Waals surface area contributed by atoms with Crippen LogP contribution in [-0.4, -0.2) is 4.57 Å². The summed E-state index contributed by atoms with van der Waals surface area (Å²) < 4.78 is 2.50. The topological polar surface area (TPSA) is 4.93 Å². The van der Waals surface area contributed by atoms with Gasteiger partial charge in [-0.3, -0.25) is 0 Å². The largest absolute Gasteiger partial charge is 0.308 e. The number of hydrogen-bond acceptors (Lipinski definition) is 0. The Kier molecular flexibility index (Phi) is 8.24. The Bertz CT molecular complexity index is 2710. The van der Waals surface area contributed by atoms with E-state index in [-0.39, 0.29) is 0 Å². The highest BCUT2D eigenvalue weighted by Gasteiger charge is 2.20. The molecule has 0 bridgehead atoms. The minimum absolute atomic E-state index is 1.16. The lowest BCUT2D eigenvalue weighted by Crippen LogP contribution is -2.02. The summed E-state index contributed by atoms with van der Waals surface area (Å²) in [7, 11) is 0. The monoisotopic (exact) mass is 699 g/mol. The van der Waals surface area contributed by atoms with E-state index in [2.05, 4.69) is 229 Å². The molecule has 1 aromatic heterocycles. The molecule has 0 aliphatic heterocycles. The molecule has 0 fully saturated rings. The van der Waals surface area contributed by atoms with Crippen LogP contribution in [-0.2, 0) is 0 Å². The Labute approximate surface area is 322 Å². The van der Waals surface area contributed by atoms with Crippen LogP contribution >= 0.6 is 0 Å². The zero-order chi connectivity index (χ0) is 36.6. The van der Waals surface area contributed by atoms with Gasteiger partial charge in [0.05, 0.1) is 17.1 Å². The number of rotatable bonds is 7. The van der Waals surface area contributed by atoms with E-state index in [1.807, 2.05) is 0 Å². The number of aromatic nitrogens is 1. The lowest BCUT2D eigenvalue weighted by atomic mass is 9.93. The lowest BCUT2D eigenvalue weighted by Gasteiger charge is -2.21. The second-order valence-electron chi connectivity index (χ2n) is 14.2. The van der Waals surface area contributed by atoms with Crippen LogP contribution in [0.2, 0.25) is 0 Å². The minimum Gasteiger partial charge on any atom is -0.308 e. The van der Waals surface area contributed by atoms with Crippen molar-refractivity contribution >= 4 is 21.5 Å². The summed E-state index contributed by atoms with van der Waals surface area (Å²) in [6.07, 6.45) is 0. The third-order valence-electron chi connectivity index (χ3n) is 10.8. The Hall–Kier alpha value is -7.22. The molecule has 0 saturated carbocycles. The number of nitrogens with zero attached hydrogens (tertiary/aromatic N) is 1. The molecule has 258 valence electrons. The Balaban J connectivity index is 1.22. The summed E-state index contributed by atoms with van der Waals surface area (Å²) in [4.78, 5) is 0. The van der Waals surface area contributed by atoms with Gasteiger partial charge in [-0.05, 0) is 96.7 Å². The highest BCUT2D eigenvalue weighted by Crippen LogP contribution is 2.42. The highest BCUT2D eigenvalue weighted by atomic mass is 15.0. The molecular formula is C54H37N. The van der Waals surface area contributed by atoms with Gasteiger partial charge >= 0.3 is 0 Å². The van der Waals surface area contributed by atoms with Gasteiger partial charge in [0.2, 0.25) is 0 Å². The maximum atomic E-state index is 2.50. The summed E-state index contributed by atoms with van der Waals surface area (Å²) in [6.45, 7) is 0. The van der Waals surface area contributed by atoms with Crippen molar-refractivity contribution in [1.82, 2.24) is 4.57 Å². The van der Waals surface area contributed by atoms with Crippen molar-refractivity contribution in [3.05, 3.63) is 224 Å². The summed E-state index contributed by atoms with van der Waals surface area (Å²) >= 11 is 0. The molecule has 0 amide bonds. The molecule has 9 aromatic carbocycles. The second kappa shape index (κ2) is 14.0. The van der Waals surface area contributed by atoms with Crippen LogP contribution in [0, 0.1) is 0 Å². The molecule has 0 spiro atoms. The third kappa shape index (κ3) is 6.12. The fraction of sp³-hybridized carbons (Fsp3) is 0. The number of benzene rings is 9. The van der Waals surface area contributed by atoms with Gasteiger partial charge in [0.25, 0.3) is 0 Å². The molecule has 0 radical (unpaired) electrons. The van der Waals surface area contributed by atoms with Gasteiger partial charge in [-0.2, -0.15) is 0 Å². The minimum atomic E-state index is 1.16. The molecule has 0 N–H and O–H groups in total. The van der Waals surface area contributed by atoms with Crippen LogP contribution < -0.4 is 0 Å². The first-order valence-corrected chi connectivity index (χ1v) is 18.9. The molecule has 0 aliphatic rings. The van der Waals surface area contributed by atoms with E-state index in [9.17, 15) is 0 Å². The maximum absolute atomic E-state index is 2.50. The number of hydrogen-bond donors (Lipinski definition) is 0. The molecule has 0 aliphatic carbocycles. The van der Waals surface area contributed by atoms with Crippen molar-refractivity contribution in [3.8, 4) is 72.7 Å². The molecule has 1 heteroatoms. The van der Waals surface area contributed by atoms with Gasteiger partial charge in [-0.1, -0.05) is 194 Å². The lowest BCUT2D eigenvalue weighted by molar-refractivity contribution is 1.12. The van der Waals surface area contributed by atoms with Crippen LogP contribution in [0.15, 0.2) is 224 Å². The van der Waals surface area contributed by atoms with E-state index in [1.54, 1.807) is 0 Å². The van der Waals surface area contributed by atoms with Crippen molar-refractivity contribution in [1.29, 1.82) is 0 Å². The quantitative estimate of drug-likeness (QED) is 0.146. The Morgan fingerprint density at radius 2 is 0.509 bits per heavy atom. The fourth-order valence-electron chi connectivity index (χ4n) is 8.00. The van der Waals surface area contributed by atoms with Crippen molar-refractivity contribution in [3.63, 3.8) is 0 Å². The average Bonchev–Trinajstić information content (AvgIpc) is 3.71. The standard InChI is InChI=1S/C54H37N/c1-5-13-38(14-6-1)40-21-25-42(26-22-40)46-29-31-48-35-49-32-30-47(43-27-23-41(24-28-43)39-15-7-2-8-16-39)37-51(49)54(50(48)36-46)55-52(44-17-9-3-10-18-44)33-34-53(55)45-19-11-4-12-20-45/h1-37H. The first-order valence-electron chi connectivity index (χ1n) is 18.9. The van der Waals surface area contributed by atoms with Crippen LogP contribution in [0.25, 0.3) is 94.3 Å². The smallest absolute Gasteiger partial charge is 0.0619 e. The average molecular weight is 700 g/mol. The zero-order valence-electron chi connectivity index (χ0n) is 30.3. The van der Waals surface area contributed by atoms with Gasteiger partial charge in [0.15, 0.2) is 0 Å². The van der Waals surface area contributed by atoms with Crippen molar-refractivity contribution < 1.29 is 0 Å². The van der Waals surface area contributed by atoms with E-state index < -0.39 is 0 Å². The van der Waals surface area contributed by atoms with Gasteiger partial charge < -0.3 is 4.57 Å². The van der Waals surface area contributed by atoms with Gasteiger partial charge in [-0.15, -0.1) is 0 Å². The molecule has 0 saturated heterocycles. The van der Waals surface area contributed by atoms with Crippen LogP contribution in [0.1, 0.15) is 0 Å². The van der Waals surface area contributed by atoms with E-state index >= 15 is 0 Å². The van der Waals surface area contributed by atoms with E-state index in [1.165, 1.54) is 82.9 Å². The normalized spacial score (nSPS) is 11.3. The molecule has 0 atom stereocenters. The summed E-state index contributed by atoms with van der Waals surface area (Å²) in [5, 5.41) is 4.83. The first-order chi connectivity index (χ1) is 27.3. The third-order valence-corrected chi connectivity index (χ3v) is 10.8. The predicted octanol–water partition coefficient (Wildman–Crippen LogP) is 14.8. The highest BCUT2D eigenvalue weighted by molar-refractivity contribution is 6.10. The van der Waals surface area contributed by atoms with Gasteiger partial charge in [0, 0.05) is 10.8 Å². The molecule has 1 nitrogen and oxygen atoms in total. The molecule has 0 unspecified atom stereocenters. The summed E-state index contributed by atoms with van der Waals surface area (Å²) in [5.41, 5.74) is 15.5. The molecule has 1 heterocycles. The fourth-order valence-corrected chi connectivity index (χ4v) is 8.00. The summed E-state index contributed by atoms with van der Waals surface area (Å²) in [5.74, 6) is 0. The van der Waals surface area contributed by atoms with E-state index in [4.69, 9.17) is 0 Å². The van der Waals surface area contributed by atoms with Crippen LogP contribution in [0.5, 0.6) is 0 Å². The Morgan fingerprint density at radius 1 is 0.218 bits per heavy atom. The van der Waals surface area contributed by atoms with E-state index in [0.717, 1.165) is 11.4 Å². The van der Waals surface area contributed by atoms with Crippen molar-refractivity contribution in [2.24, 2.45) is 0 Å². The molecule has 10 rings (SSSR count). The number of fused-ring (bicyclic) bond motifs is 2. The molecule has 55 heavy (non-hydrogen) atoms.